The van der Waals surface area contributed by atoms with Crippen molar-refractivity contribution in [2.75, 3.05) is 13.2 Å². The zero-order chi connectivity index (χ0) is 25.5. The van der Waals surface area contributed by atoms with Crippen LogP contribution in [0.1, 0.15) is 98.8 Å². The molecule has 1 aliphatic rings. The molecule has 1 saturated heterocycles. The summed E-state index contributed by atoms with van der Waals surface area (Å²) < 4.78 is 24.0. The zero-order valence-corrected chi connectivity index (χ0v) is 28.2. The standard InChI is InChI=1S/C17H33O3Si.3C4H9.Sn/c1-17(2)19-15-16(20-17)11-7-9-13-18-12-8-6-10-14-21(3,4)5;3*1-3-4-2;/h6,10,13,16H,7-9,11-12,14-15H2,1-5H3;3*1,3-4H2,2H3;/b10-6-;;;;. The molecule has 0 radical (unpaired) electrons. The van der Waals surface area contributed by atoms with Gasteiger partial charge in [0, 0.05) is 0 Å². The molecule has 1 heterocycles. The van der Waals surface area contributed by atoms with Gasteiger partial charge in [0.2, 0.25) is 0 Å². The SMILES string of the molecule is CCC[CH2][Sn]([CH2]CCC)([CH2]CCC)[CH](CCCC1COC(C)(C)O1)OCC/C=C\C[Si](C)(C)C. The Kier molecular flexibility index (Phi) is 16.5. The fraction of sp³-hybridized carbons (Fsp3) is 0.931. The fourth-order valence-electron chi connectivity index (χ4n) is 5.28. The van der Waals surface area contributed by atoms with Gasteiger partial charge in [-0.1, -0.05) is 0 Å². The Hall–Kier alpha value is 0.636. The summed E-state index contributed by atoms with van der Waals surface area (Å²) in [5.74, 6) is -0.408. The third-order valence-corrected chi connectivity index (χ3v) is 25.5. The predicted molar refractivity (Wildman–Crippen MR) is 155 cm³/mol. The Labute approximate surface area is 219 Å². The minimum atomic E-state index is -2.44. The van der Waals surface area contributed by atoms with Crippen LogP contribution in [0.5, 0.6) is 0 Å². The van der Waals surface area contributed by atoms with Gasteiger partial charge < -0.3 is 0 Å². The van der Waals surface area contributed by atoms with Gasteiger partial charge in [-0.05, 0) is 0 Å². The van der Waals surface area contributed by atoms with E-state index in [2.05, 4.69) is 52.6 Å². The molecule has 1 rings (SSSR count). The van der Waals surface area contributed by atoms with E-state index in [0.29, 0.717) is 4.12 Å². The third-order valence-electron chi connectivity index (χ3n) is 7.33. The van der Waals surface area contributed by atoms with Crippen molar-refractivity contribution in [3.05, 3.63) is 12.2 Å². The Bertz CT molecular complexity index is 522. The van der Waals surface area contributed by atoms with Crippen LogP contribution in [0.3, 0.4) is 0 Å². The van der Waals surface area contributed by atoms with Crippen molar-refractivity contribution in [1.82, 2.24) is 0 Å². The molecular weight excluding hydrogens is 543 g/mol. The molecule has 0 N–H and O–H groups in total. The molecule has 5 heteroatoms. The Morgan fingerprint density at radius 3 is 2.00 bits per heavy atom. The first-order valence-corrected chi connectivity index (χ1v) is 26.1. The van der Waals surface area contributed by atoms with E-state index >= 15 is 0 Å². The number of allylic oxidation sites excluding steroid dienone is 1. The number of hydrogen-bond acceptors (Lipinski definition) is 3. The molecule has 0 aromatic heterocycles. The first-order valence-electron chi connectivity index (χ1n) is 14.7. The fourth-order valence-corrected chi connectivity index (χ4v) is 23.8. The van der Waals surface area contributed by atoms with E-state index in [0.717, 1.165) is 26.1 Å². The van der Waals surface area contributed by atoms with Crippen molar-refractivity contribution in [2.45, 2.75) is 154 Å². The monoisotopic (exact) mass is 604 g/mol. The van der Waals surface area contributed by atoms with Crippen LogP contribution in [0.15, 0.2) is 12.2 Å². The van der Waals surface area contributed by atoms with E-state index in [4.69, 9.17) is 14.2 Å². The van der Waals surface area contributed by atoms with E-state index in [9.17, 15) is 0 Å². The van der Waals surface area contributed by atoms with Crippen LogP contribution in [-0.2, 0) is 14.2 Å². The molecule has 0 aliphatic carbocycles. The molecule has 0 bridgehead atoms. The summed E-state index contributed by atoms with van der Waals surface area (Å²) in [5.41, 5.74) is 0. The van der Waals surface area contributed by atoms with Crippen LogP contribution in [0.4, 0.5) is 0 Å². The van der Waals surface area contributed by atoms with Crippen molar-refractivity contribution in [1.29, 1.82) is 0 Å². The van der Waals surface area contributed by atoms with E-state index in [1.807, 2.05) is 13.8 Å². The molecule has 2 atom stereocenters. The van der Waals surface area contributed by atoms with Gasteiger partial charge in [0.25, 0.3) is 0 Å². The molecule has 34 heavy (non-hydrogen) atoms. The van der Waals surface area contributed by atoms with Gasteiger partial charge in [0.15, 0.2) is 0 Å². The zero-order valence-electron chi connectivity index (χ0n) is 24.3. The van der Waals surface area contributed by atoms with Crippen molar-refractivity contribution in [3.8, 4) is 0 Å². The molecule has 0 spiro atoms. The van der Waals surface area contributed by atoms with Crippen LogP contribution in [0.2, 0.25) is 39.0 Å². The maximum absolute atomic E-state index is 6.92. The first kappa shape index (κ1) is 32.7. The summed E-state index contributed by atoms with van der Waals surface area (Å²) in [6.45, 7) is 20.2. The van der Waals surface area contributed by atoms with Crippen LogP contribution in [0.25, 0.3) is 0 Å². The van der Waals surface area contributed by atoms with E-state index in [-0.39, 0.29) is 6.10 Å². The molecule has 1 aliphatic heterocycles. The molecular formula is C29H60O3SiSn. The normalized spacial score (nSPS) is 19.8. The van der Waals surface area contributed by atoms with Gasteiger partial charge in [-0.2, -0.15) is 0 Å². The quantitative estimate of drug-likeness (QED) is 0.0789. The van der Waals surface area contributed by atoms with Gasteiger partial charge in [0.1, 0.15) is 0 Å². The van der Waals surface area contributed by atoms with Gasteiger partial charge in [-0.15, -0.1) is 0 Å². The van der Waals surface area contributed by atoms with Gasteiger partial charge in [-0.25, -0.2) is 0 Å². The first-order chi connectivity index (χ1) is 16.1. The van der Waals surface area contributed by atoms with E-state index in [1.165, 1.54) is 70.7 Å². The summed E-state index contributed by atoms with van der Waals surface area (Å²) in [4.78, 5) is 0. The van der Waals surface area contributed by atoms with Crippen molar-refractivity contribution in [2.24, 2.45) is 0 Å². The molecule has 2 unspecified atom stereocenters. The van der Waals surface area contributed by atoms with Crippen molar-refractivity contribution >= 4 is 26.5 Å². The third kappa shape index (κ3) is 13.8. The molecule has 0 aromatic rings. The number of rotatable bonds is 20. The topological polar surface area (TPSA) is 27.7 Å². The summed E-state index contributed by atoms with van der Waals surface area (Å²) in [7, 11) is -0.994. The molecule has 0 saturated carbocycles. The molecule has 3 nitrogen and oxygen atoms in total. The molecule has 0 aromatic carbocycles. The average Bonchev–Trinajstić information content (AvgIpc) is 3.12. The second kappa shape index (κ2) is 17.2. The van der Waals surface area contributed by atoms with Crippen LogP contribution < -0.4 is 0 Å². The second-order valence-electron chi connectivity index (χ2n) is 12.4. The summed E-state index contributed by atoms with van der Waals surface area (Å²) in [6, 6.07) is 1.28. The van der Waals surface area contributed by atoms with Gasteiger partial charge in [-0.3, -0.25) is 0 Å². The van der Waals surface area contributed by atoms with Crippen molar-refractivity contribution < 1.29 is 14.2 Å². The second-order valence-corrected chi connectivity index (χ2v) is 31.9. The summed E-state index contributed by atoms with van der Waals surface area (Å²) in [5, 5.41) is 0. The molecule has 202 valence electrons. The van der Waals surface area contributed by atoms with Crippen molar-refractivity contribution in [3.63, 3.8) is 0 Å². The Morgan fingerprint density at radius 2 is 1.53 bits per heavy atom. The van der Waals surface area contributed by atoms with Crippen LogP contribution >= 0.6 is 0 Å². The average molecular weight is 604 g/mol. The minimum absolute atomic E-state index is 0.256. The maximum atomic E-state index is 6.92. The van der Waals surface area contributed by atoms with Crippen LogP contribution in [-0.4, -0.2) is 55.7 Å². The summed E-state index contributed by atoms with van der Waals surface area (Å²) in [6.07, 6.45) is 17.9. The van der Waals surface area contributed by atoms with Gasteiger partial charge in [0.05, 0.1) is 0 Å². The van der Waals surface area contributed by atoms with Gasteiger partial charge >= 0.3 is 220 Å². The Balaban J connectivity index is 2.86. The molecule has 0 amide bonds. The Morgan fingerprint density at radius 1 is 0.941 bits per heavy atom. The number of unbranched alkanes of at least 4 members (excludes halogenated alkanes) is 3. The van der Waals surface area contributed by atoms with E-state index in [1.54, 1.807) is 0 Å². The summed E-state index contributed by atoms with van der Waals surface area (Å²) >= 11 is -2.44. The number of ether oxygens (including phenoxy) is 3. The van der Waals surface area contributed by atoms with E-state index < -0.39 is 32.2 Å². The predicted octanol–water partition coefficient (Wildman–Crippen LogP) is 9.37. The molecule has 1 fully saturated rings. The number of hydrogen-bond donors (Lipinski definition) is 0. The van der Waals surface area contributed by atoms with Crippen LogP contribution in [0, 0.1) is 0 Å².